The Labute approximate surface area is 153 Å². The normalized spacial score (nSPS) is 22.0. The van der Waals surface area contributed by atoms with Crippen molar-refractivity contribution in [1.82, 2.24) is 15.3 Å². The maximum Gasteiger partial charge on any atom is 0.270 e. The zero-order chi connectivity index (χ0) is 17.9. The van der Waals surface area contributed by atoms with E-state index in [9.17, 15) is 9.90 Å². The van der Waals surface area contributed by atoms with Crippen LogP contribution in [0.2, 0.25) is 0 Å². The molecule has 6 heteroatoms. The van der Waals surface area contributed by atoms with Crippen LogP contribution in [0.3, 0.4) is 0 Å². The largest absolute Gasteiger partial charge is 0.393 e. The second-order valence-corrected chi connectivity index (χ2v) is 7.12. The lowest BCUT2D eigenvalue weighted by Crippen LogP contribution is -2.35. The molecule has 0 radical (unpaired) electrons. The Kier molecular flexibility index (Phi) is 4.84. The Balaban J connectivity index is 1.59. The number of fused-ring (bicyclic) bond motifs is 1. The Morgan fingerprint density at radius 2 is 2.00 bits per heavy atom. The predicted molar refractivity (Wildman–Crippen MR) is 99.2 cm³/mol. The van der Waals surface area contributed by atoms with Crippen molar-refractivity contribution in [2.45, 2.75) is 50.7 Å². The first-order chi connectivity index (χ1) is 12.7. The molecule has 2 aromatic rings. The number of aromatic nitrogens is 2. The zero-order valence-electron chi connectivity index (χ0n) is 14.7. The Morgan fingerprint density at radius 3 is 2.77 bits per heavy atom. The molecule has 1 aromatic carbocycles. The minimum absolute atomic E-state index is 0.121. The number of aliphatic hydroxyl groups is 1. The summed E-state index contributed by atoms with van der Waals surface area (Å²) in [5.74, 6) is 1.34. The van der Waals surface area contributed by atoms with E-state index in [1.807, 2.05) is 18.2 Å². The summed E-state index contributed by atoms with van der Waals surface area (Å²) in [4.78, 5) is 21.6. The highest BCUT2D eigenvalue weighted by Gasteiger charge is 2.27. The number of benzene rings is 1. The highest BCUT2D eigenvalue weighted by molar-refractivity contribution is 5.96. The molecule has 1 aliphatic heterocycles. The van der Waals surface area contributed by atoms with E-state index in [1.165, 1.54) is 5.56 Å². The molecule has 4 rings (SSSR count). The lowest BCUT2D eigenvalue weighted by molar-refractivity contribution is 0.0940. The topological polar surface area (TPSA) is 87.1 Å². The van der Waals surface area contributed by atoms with Crippen LogP contribution >= 0.6 is 0 Å². The van der Waals surface area contributed by atoms with Gasteiger partial charge in [-0.1, -0.05) is 30.3 Å². The molecule has 2 aliphatic rings. The molecular formula is C20H24N4O2. The molecule has 1 aliphatic carbocycles. The maximum atomic E-state index is 12.3. The summed E-state index contributed by atoms with van der Waals surface area (Å²) in [5.41, 5.74) is 2.63. The number of anilines is 1. The van der Waals surface area contributed by atoms with Gasteiger partial charge in [-0.2, -0.15) is 0 Å². The van der Waals surface area contributed by atoms with E-state index in [0.29, 0.717) is 24.5 Å². The third-order valence-corrected chi connectivity index (χ3v) is 5.15. The fourth-order valence-electron chi connectivity index (χ4n) is 3.75. The van der Waals surface area contributed by atoms with Crippen molar-refractivity contribution < 1.29 is 9.90 Å². The number of rotatable bonds is 5. The molecule has 3 N–H and O–H groups in total. The van der Waals surface area contributed by atoms with Crippen LogP contribution in [-0.4, -0.2) is 39.7 Å². The summed E-state index contributed by atoms with van der Waals surface area (Å²) < 4.78 is 0. The molecule has 6 nitrogen and oxygen atoms in total. The van der Waals surface area contributed by atoms with E-state index < -0.39 is 0 Å². The monoisotopic (exact) mass is 352 g/mol. The van der Waals surface area contributed by atoms with Gasteiger partial charge in [-0.3, -0.25) is 4.79 Å². The van der Waals surface area contributed by atoms with Crippen LogP contribution in [0, 0.1) is 0 Å². The minimum Gasteiger partial charge on any atom is -0.393 e. The molecular weight excluding hydrogens is 328 g/mol. The van der Waals surface area contributed by atoms with Crippen LogP contribution in [0.1, 0.15) is 46.7 Å². The molecule has 0 unspecified atom stereocenters. The summed E-state index contributed by atoms with van der Waals surface area (Å²) in [7, 11) is 0. The summed E-state index contributed by atoms with van der Waals surface area (Å²) in [5, 5.41) is 16.1. The first-order valence-corrected chi connectivity index (χ1v) is 9.35. The van der Waals surface area contributed by atoms with Crippen molar-refractivity contribution in [2.24, 2.45) is 0 Å². The molecule has 1 saturated carbocycles. The fraction of sp³-hybridized carbons (Fsp3) is 0.450. The van der Waals surface area contributed by atoms with Gasteiger partial charge in [-0.25, -0.2) is 9.97 Å². The zero-order valence-corrected chi connectivity index (χ0v) is 14.7. The summed E-state index contributed by atoms with van der Waals surface area (Å²) in [6.07, 6.45) is 4.47. The molecule has 0 saturated heterocycles. The van der Waals surface area contributed by atoms with Gasteiger partial charge >= 0.3 is 0 Å². The highest BCUT2D eigenvalue weighted by Crippen LogP contribution is 2.26. The Bertz CT molecular complexity index is 794. The lowest BCUT2D eigenvalue weighted by atomic mass is 10.0. The van der Waals surface area contributed by atoms with Gasteiger partial charge in [0.1, 0.15) is 17.3 Å². The number of carbonyl (C=O) groups is 1. The Morgan fingerprint density at radius 1 is 1.15 bits per heavy atom. The van der Waals surface area contributed by atoms with Gasteiger partial charge in [-0.05, 0) is 37.7 Å². The SMILES string of the molecule is O=C1NCCc2c(N[C@@H]3CC[C@H](O)C3)nc(CCc3ccccc3)nc21. The van der Waals surface area contributed by atoms with Crippen LogP contribution in [0.5, 0.6) is 0 Å². The average Bonchev–Trinajstić information content (AvgIpc) is 3.06. The van der Waals surface area contributed by atoms with E-state index in [2.05, 4.69) is 27.8 Å². The van der Waals surface area contributed by atoms with Crippen molar-refractivity contribution in [3.05, 3.63) is 53.0 Å². The van der Waals surface area contributed by atoms with Crippen molar-refractivity contribution in [3.63, 3.8) is 0 Å². The third-order valence-electron chi connectivity index (χ3n) is 5.15. The first kappa shape index (κ1) is 17.0. The number of amides is 1. The van der Waals surface area contributed by atoms with Crippen LogP contribution in [0.4, 0.5) is 5.82 Å². The van der Waals surface area contributed by atoms with Gasteiger partial charge in [0.05, 0.1) is 6.10 Å². The van der Waals surface area contributed by atoms with Crippen molar-refractivity contribution in [2.75, 3.05) is 11.9 Å². The summed E-state index contributed by atoms with van der Waals surface area (Å²) >= 11 is 0. The third kappa shape index (κ3) is 3.70. The van der Waals surface area contributed by atoms with Gasteiger partial charge in [0.2, 0.25) is 0 Å². The quantitative estimate of drug-likeness (QED) is 0.765. The van der Waals surface area contributed by atoms with E-state index in [4.69, 9.17) is 4.98 Å². The molecule has 0 bridgehead atoms. The van der Waals surface area contributed by atoms with Crippen LogP contribution in [0.25, 0.3) is 0 Å². The maximum absolute atomic E-state index is 12.3. The van der Waals surface area contributed by atoms with Crippen LogP contribution in [0.15, 0.2) is 30.3 Å². The number of nitrogens with zero attached hydrogens (tertiary/aromatic N) is 2. The molecule has 1 aromatic heterocycles. The molecule has 26 heavy (non-hydrogen) atoms. The smallest absolute Gasteiger partial charge is 0.270 e. The van der Waals surface area contributed by atoms with E-state index in [0.717, 1.165) is 43.5 Å². The number of aliphatic hydroxyl groups excluding tert-OH is 1. The van der Waals surface area contributed by atoms with E-state index in [-0.39, 0.29) is 18.1 Å². The van der Waals surface area contributed by atoms with Gasteiger partial charge in [0.25, 0.3) is 5.91 Å². The number of hydrogen-bond acceptors (Lipinski definition) is 5. The Hall–Kier alpha value is -2.47. The van der Waals surface area contributed by atoms with Crippen molar-refractivity contribution in [1.29, 1.82) is 0 Å². The molecule has 1 fully saturated rings. The average molecular weight is 352 g/mol. The first-order valence-electron chi connectivity index (χ1n) is 9.35. The molecule has 2 atom stereocenters. The van der Waals surface area contributed by atoms with Crippen molar-refractivity contribution in [3.8, 4) is 0 Å². The second-order valence-electron chi connectivity index (χ2n) is 7.12. The standard InChI is InChI=1S/C20H24N4O2/c25-15-8-7-14(12-15)22-19-16-10-11-21-20(26)18(16)23-17(24-19)9-6-13-4-2-1-3-5-13/h1-5,14-15,25H,6-12H2,(H,21,26)(H,22,23,24)/t14-,15+/m1/s1. The number of nitrogens with one attached hydrogen (secondary N) is 2. The van der Waals surface area contributed by atoms with Crippen LogP contribution < -0.4 is 10.6 Å². The number of carbonyl (C=O) groups excluding carboxylic acids is 1. The van der Waals surface area contributed by atoms with Gasteiger partial charge in [0, 0.05) is 24.6 Å². The highest BCUT2D eigenvalue weighted by atomic mass is 16.3. The van der Waals surface area contributed by atoms with E-state index in [1.54, 1.807) is 0 Å². The van der Waals surface area contributed by atoms with E-state index >= 15 is 0 Å². The molecule has 2 heterocycles. The second kappa shape index (κ2) is 7.41. The van der Waals surface area contributed by atoms with Crippen molar-refractivity contribution >= 4 is 11.7 Å². The van der Waals surface area contributed by atoms with Gasteiger partial charge in [-0.15, -0.1) is 0 Å². The number of aryl methyl sites for hydroxylation is 2. The van der Waals surface area contributed by atoms with Gasteiger partial charge in [0.15, 0.2) is 0 Å². The summed E-state index contributed by atoms with van der Waals surface area (Å²) in [6.45, 7) is 0.612. The fourth-order valence-corrected chi connectivity index (χ4v) is 3.75. The lowest BCUT2D eigenvalue weighted by Gasteiger charge is -2.22. The molecule has 0 spiro atoms. The minimum atomic E-state index is -0.244. The summed E-state index contributed by atoms with van der Waals surface area (Å²) in [6, 6.07) is 10.4. The number of hydrogen-bond donors (Lipinski definition) is 3. The molecule has 136 valence electrons. The van der Waals surface area contributed by atoms with Gasteiger partial charge < -0.3 is 15.7 Å². The van der Waals surface area contributed by atoms with Crippen LogP contribution in [-0.2, 0) is 19.3 Å². The molecule has 1 amide bonds. The predicted octanol–water partition coefficient (Wildman–Crippen LogP) is 1.87.